The van der Waals surface area contributed by atoms with Crippen LogP contribution in [0.25, 0.3) is 11.1 Å². The number of benzene rings is 1. The Balaban J connectivity index is 1.73. The lowest BCUT2D eigenvalue weighted by atomic mass is 9.92. The zero-order valence-electron chi connectivity index (χ0n) is 15.4. The van der Waals surface area contributed by atoms with E-state index in [1.165, 1.54) is 0 Å². The standard InChI is InChI=1S/C21H25ClN4O/c22-16-9-5-8-15(12-16)17-13-24-21(23)25-19(17)18-10-3-4-11-26(18)20(27)14-6-1-2-7-14/h5,8-9,12-14,18H,1-4,6-7,10-11H2,(H2,23,24,25)/t18-/m1/s1. The van der Waals surface area contributed by atoms with Gasteiger partial charge in [-0.25, -0.2) is 9.97 Å². The lowest BCUT2D eigenvalue weighted by Gasteiger charge is -2.37. The number of hydrogen-bond acceptors (Lipinski definition) is 4. The average molecular weight is 385 g/mol. The third-order valence-electron chi connectivity index (χ3n) is 5.78. The van der Waals surface area contributed by atoms with Crippen molar-refractivity contribution in [3.63, 3.8) is 0 Å². The van der Waals surface area contributed by atoms with Gasteiger partial charge in [0, 0.05) is 29.2 Å². The molecule has 2 heterocycles. The van der Waals surface area contributed by atoms with Crippen molar-refractivity contribution in [2.24, 2.45) is 5.92 Å². The summed E-state index contributed by atoms with van der Waals surface area (Å²) in [4.78, 5) is 24.1. The fourth-order valence-electron chi connectivity index (χ4n) is 4.43. The van der Waals surface area contributed by atoms with Crippen LogP contribution in [0.2, 0.25) is 5.02 Å². The van der Waals surface area contributed by atoms with Crippen molar-refractivity contribution >= 4 is 23.5 Å². The maximum Gasteiger partial charge on any atom is 0.226 e. The van der Waals surface area contributed by atoms with Crippen LogP contribution in [0.4, 0.5) is 5.95 Å². The van der Waals surface area contributed by atoms with Crippen molar-refractivity contribution in [2.75, 3.05) is 12.3 Å². The molecule has 2 fully saturated rings. The molecule has 1 amide bonds. The van der Waals surface area contributed by atoms with E-state index in [1.54, 1.807) is 6.20 Å². The first kappa shape index (κ1) is 18.2. The van der Waals surface area contributed by atoms with E-state index in [1.807, 2.05) is 24.3 Å². The lowest BCUT2D eigenvalue weighted by molar-refractivity contribution is -0.139. The van der Waals surface area contributed by atoms with Crippen molar-refractivity contribution < 1.29 is 4.79 Å². The summed E-state index contributed by atoms with van der Waals surface area (Å²) in [6.07, 6.45) is 9.12. The van der Waals surface area contributed by atoms with E-state index in [9.17, 15) is 4.79 Å². The van der Waals surface area contributed by atoms with Crippen molar-refractivity contribution in [1.82, 2.24) is 14.9 Å². The second-order valence-electron chi connectivity index (χ2n) is 7.56. The number of carbonyl (C=O) groups excluding carboxylic acids is 1. The summed E-state index contributed by atoms with van der Waals surface area (Å²) >= 11 is 6.20. The average Bonchev–Trinajstić information content (AvgIpc) is 3.22. The number of nitrogens with zero attached hydrogens (tertiary/aromatic N) is 3. The number of likely N-dealkylation sites (tertiary alicyclic amines) is 1. The first-order chi connectivity index (χ1) is 13.1. The van der Waals surface area contributed by atoms with Gasteiger partial charge in [-0.15, -0.1) is 0 Å². The highest BCUT2D eigenvalue weighted by atomic mass is 35.5. The van der Waals surface area contributed by atoms with E-state index in [4.69, 9.17) is 17.3 Å². The highest BCUT2D eigenvalue weighted by Crippen LogP contribution is 2.38. The van der Waals surface area contributed by atoms with E-state index in [2.05, 4.69) is 14.9 Å². The molecule has 142 valence electrons. The largest absolute Gasteiger partial charge is 0.368 e. The second kappa shape index (κ2) is 7.85. The fraction of sp³-hybridized carbons (Fsp3) is 0.476. The molecule has 1 aromatic carbocycles. The maximum absolute atomic E-state index is 13.2. The molecule has 5 nitrogen and oxygen atoms in total. The van der Waals surface area contributed by atoms with Crippen molar-refractivity contribution in [2.45, 2.75) is 51.0 Å². The Labute approximate surface area is 164 Å². The molecule has 1 saturated carbocycles. The number of carbonyl (C=O) groups is 1. The normalized spacial score (nSPS) is 20.8. The number of rotatable bonds is 3. The third kappa shape index (κ3) is 3.79. The van der Waals surface area contributed by atoms with Crippen LogP contribution in [0, 0.1) is 5.92 Å². The molecule has 0 unspecified atom stereocenters. The predicted molar refractivity (Wildman–Crippen MR) is 107 cm³/mol. The smallest absolute Gasteiger partial charge is 0.226 e. The second-order valence-corrected chi connectivity index (χ2v) is 8.00. The number of halogens is 1. The van der Waals surface area contributed by atoms with Gasteiger partial charge in [0.1, 0.15) is 0 Å². The van der Waals surface area contributed by atoms with Crippen LogP contribution in [0.1, 0.15) is 56.7 Å². The van der Waals surface area contributed by atoms with Crippen LogP contribution >= 0.6 is 11.6 Å². The van der Waals surface area contributed by atoms with E-state index >= 15 is 0 Å². The molecule has 1 aliphatic heterocycles. The zero-order valence-corrected chi connectivity index (χ0v) is 16.2. The molecule has 0 radical (unpaired) electrons. The molecule has 0 spiro atoms. The predicted octanol–water partition coefficient (Wildman–Crippen LogP) is 4.62. The Hall–Kier alpha value is -2.14. The number of nitrogens with two attached hydrogens (primary N) is 1. The first-order valence-corrected chi connectivity index (χ1v) is 10.2. The van der Waals surface area contributed by atoms with Gasteiger partial charge in [-0.2, -0.15) is 0 Å². The molecule has 2 N–H and O–H groups in total. The number of amides is 1. The zero-order chi connectivity index (χ0) is 18.8. The summed E-state index contributed by atoms with van der Waals surface area (Å²) in [5.41, 5.74) is 8.64. The fourth-order valence-corrected chi connectivity index (χ4v) is 4.62. The minimum Gasteiger partial charge on any atom is -0.368 e. The summed E-state index contributed by atoms with van der Waals surface area (Å²) in [5.74, 6) is 0.695. The molecule has 2 aromatic rings. The summed E-state index contributed by atoms with van der Waals surface area (Å²) in [6, 6.07) is 7.62. The molecule has 1 aromatic heterocycles. The van der Waals surface area contributed by atoms with Crippen LogP contribution in [0.15, 0.2) is 30.5 Å². The molecule has 0 bridgehead atoms. The highest BCUT2D eigenvalue weighted by Gasteiger charge is 2.35. The SMILES string of the molecule is Nc1ncc(-c2cccc(Cl)c2)c([C@H]2CCCCN2C(=O)C2CCCC2)n1. The van der Waals surface area contributed by atoms with Gasteiger partial charge >= 0.3 is 0 Å². The van der Waals surface area contributed by atoms with Crippen LogP contribution in [-0.2, 0) is 4.79 Å². The van der Waals surface area contributed by atoms with Crippen LogP contribution in [0.3, 0.4) is 0 Å². The Kier molecular flexibility index (Phi) is 5.30. The molecule has 1 saturated heterocycles. The third-order valence-corrected chi connectivity index (χ3v) is 6.01. The quantitative estimate of drug-likeness (QED) is 0.837. The molecule has 27 heavy (non-hydrogen) atoms. The number of aromatic nitrogens is 2. The topological polar surface area (TPSA) is 72.1 Å². The molecule has 1 atom stereocenters. The van der Waals surface area contributed by atoms with E-state index in [-0.39, 0.29) is 23.8 Å². The van der Waals surface area contributed by atoms with Crippen molar-refractivity contribution in [1.29, 1.82) is 0 Å². The summed E-state index contributed by atoms with van der Waals surface area (Å²) < 4.78 is 0. The summed E-state index contributed by atoms with van der Waals surface area (Å²) in [6.45, 7) is 0.791. The molecular formula is C21H25ClN4O. The van der Waals surface area contributed by atoms with Crippen LogP contribution < -0.4 is 5.73 Å². The van der Waals surface area contributed by atoms with Gasteiger partial charge in [0.25, 0.3) is 0 Å². The maximum atomic E-state index is 13.2. The van der Waals surface area contributed by atoms with Crippen LogP contribution in [0.5, 0.6) is 0 Å². The van der Waals surface area contributed by atoms with Gasteiger partial charge in [-0.3, -0.25) is 4.79 Å². The highest BCUT2D eigenvalue weighted by molar-refractivity contribution is 6.30. The van der Waals surface area contributed by atoms with Gasteiger partial charge in [-0.05, 0) is 49.8 Å². The minimum atomic E-state index is -0.0499. The number of piperidine rings is 1. The Morgan fingerprint density at radius 1 is 1.15 bits per heavy atom. The van der Waals surface area contributed by atoms with Gasteiger partial charge in [-0.1, -0.05) is 36.6 Å². The lowest BCUT2D eigenvalue weighted by Crippen LogP contribution is -2.42. The Bertz CT molecular complexity index is 835. The monoisotopic (exact) mass is 384 g/mol. The molecule has 6 heteroatoms. The van der Waals surface area contributed by atoms with Crippen molar-refractivity contribution in [3.8, 4) is 11.1 Å². The van der Waals surface area contributed by atoms with Gasteiger partial charge < -0.3 is 10.6 Å². The van der Waals surface area contributed by atoms with E-state index in [0.717, 1.165) is 68.3 Å². The van der Waals surface area contributed by atoms with Gasteiger partial charge in [0.05, 0.1) is 11.7 Å². The molecule has 2 aliphatic rings. The molecule has 1 aliphatic carbocycles. The minimum absolute atomic E-state index is 0.0499. The first-order valence-electron chi connectivity index (χ1n) is 9.82. The summed E-state index contributed by atoms with van der Waals surface area (Å²) in [5, 5.41) is 0.665. The van der Waals surface area contributed by atoms with E-state index in [0.29, 0.717) is 5.02 Å². The summed E-state index contributed by atoms with van der Waals surface area (Å²) in [7, 11) is 0. The number of anilines is 1. The Morgan fingerprint density at radius 2 is 1.93 bits per heavy atom. The van der Waals surface area contributed by atoms with Gasteiger partial charge in [0.15, 0.2) is 0 Å². The van der Waals surface area contributed by atoms with E-state index < -0.39 is 0 Å². The number of nitrogen functional groups attached to an aromatic ring is 1. The Morgan fingerprint density at radius 3 is 2.70 bits per heavy atom. The van der Waals surface area contributed by atoms with Gasteiger partial charge in [0.2, 0.25) is 11.9 Å². The number of hydrogen-bond donors (Lipinski definition) is 1. The molecular weight excluding hydrogens is 360 g/mol. The molecule has 4 rings (SSSR count). The van der Waals surface area contributed by atoms with Crippen LogP contribution in [-0.4, -0.2) is 27.3 Å². The van der Waals surface area contributed by atoms with Crippen molar-refractivity contribution in [3.05, 3.63) is 41.2 Å².